The van der Waals surface area contributed by atoms with Gasteiger partial charge in [-0.05, 0) is 45.0 Å². The SMILES string of the molecule is Cc1nc(-c2ccc(F)cc2)sc1C(=O)Nc1nc2sc(C)c(C)n2n1. The maximum atomic E-state index is 13.1. The smallest absolute Gasteiger partial charge is 0.270 e. The summed E-state index contributed by atoms with van der Waals surface area (Å²) in [6.45, 7) is 5.73. The fourth-order valence-electron chi connectivity index (χ4n) is 2.48. The number of thiazole rings is 2. The molecular weight excluding hydrogens is 373 g/mol. The van der Waals surface area contributed by atoms with E-state index in [1.807, 2.05) is 13.8 Å². The lowest BCUT2D eigenvalue weighted by Gasteiger charge is -1.98. The minimum atomic E-state index is -0.309. The zero-order chi connectivity index (χ0) is 18.4. The maximum absolute atomic E-state index is 13.1. The van der Waals surface area contributed by atoms with Gasteiger partial charge >= 0.3 is 0 Å². The highest BCUT2D eigenvalue weighted by Gasteiger charge is 2.19. The van der Waals surface area contributed by atoms with Crippen molar-refractivity contribution in [3.8, 4) is 10.6 Å². The third-order valence-electron chi connectivity index (χ3n) is 3.97. The molecule has 132 valence electrons. The summed E-state index contributed by atoms with van der Waals surface area (Å²) in [5, 5.41) is 7.72. The van der Waals surface area contributed by atoms with Gasteiger partial charge in [-0.3, -0.25) is 10.1 Å². The van der Waals surface area contributed by atoms with Crippen molar-refractivity contribution in [3.05, 3.63) is 51.2 Å². The van der Waals surface area contributed by atoms with Gasteiger partial charge in [0.2, 0.25) is 4.96 Å². The summed E-state index contributed by atoms with van der Waals surface area (Å²) in [6.07, 6.45) is 0. The first kappa shape index (κ1) is 16.8. The van der Waals surface area contributed by atoms with Crippen LogP contribution in [0.1, 0.15) is 25.9 Å². The standard InChI is InChI=1S/C17H14FN5OS2/c1-8-13(26-15(19-8)11-4-6-12(18)7-5-11)14(24)20-16-21-17-23(22-16)9(2)10(3)25-17/h4-7H,1-3H3,(H,20,22,24). The Kier molecular flexibility index (Phi) is 4.04. The number of hydrogen-bond donors (Lipinski definition) is 1. The molecule has 0 spiro atoms. The summed E-state index contributed by atoms with van der Waals surface area (Å²) >= 11 is 2.78. The number of aryl methyl sites for hydroxylation is 3. The molecule has 1 N–H and O–H groups in total. The number of carbonyl (C=O) groups is 1. The molecule has 0 aliphatic rings. The molecule has 1 amide bonds. The summed E-state index contributed by atoms with van der Waals surface area (Å²) in [6, 6.07) is 6.03. The Hall–Kier alpha value is -2.65. The van der Waals surface area contributed by atoms with E-state index in [1.165, 1.54) is 34.8 Å². The van der Waals surface area contributed by atoms with Crippen LogP contribution in [0.3, 0.4) is 0 Å². The van der Waals surface area contributed by atoms with Gasteiger partial charge in [-0.25, -0.2) is 13.9 Å². The third kappa shape index (κ3) is 2.89. The van der Waals surface area contributed by atoms with Crippen LogP contribution in [0.25, 0.3) is 15.5 Å². The van der Waals surface area contributed by atoms with Crippen molar-refractivity contribution in [3.63, 3.8) is 0 Å². The Morgan fingerprint density at radius 3 is 2.54 bits per heavy atom. The molecule has 0 unspecified atom stereocenters. The first-order valence-electron chi connectivity index (χ1n) is 7.80. The quantitative estimate of drug-likeness (QED) is 0.571. The summed E-state index contributed by atoms with van der Waals surface area (Å²) < 4.78 is 14.8. The van der Waals surface area contributed by atoms with E-state index in [-0.39, 0.29) is 17.7 Å². The Morgan fingerprint density at radius 1 is 1.12 bits per heavy atom. The molecule has 6 nitrogen and oxygen atoms in total. The van der Waals surface area contributed by atoms with Gasteiger partial charge in [0.1, 0.15) is 15.7 Å². The second kappa shape index (κ2) is 6.26. The molecule has 1 aromatic carbocycles. The lowest BCUT2D eigenvalue weighted by molar-refractivity contribution is 0.102. The van der Waals surface area contributed by atoms with E-state index in [1.54, 1.807) is 23.6 Å². The van der Waals surface area contributed by atoms with E-state index < -0.39 is 0 Å². The molecule has 3 heterocycles. The van der Waals surface area contributed by atoms with Gasteiger partial charge in [-0.15, -0.1) is 16.4 Å². The second-order valence-corrected chi connectivity index (χ2v) is 7.95. The lowest BCUT2D eigenvalue weighted by atomic mass is 10.2. The van der Waals surface area contributed by atoms with Crippen LogP contribution in [0, 0.1) is 26.6 Å². The molecule has 0 atom stereocenters. The molecule has 0 radical (unpaired) electrons. The number of nitrogens with one attached hydrogen (secondary N) is 1. The highest BCUT2D eigenvalue weighted by Crippen LogP contribution is 2.29. The van der Waals surface area contributed by atoms with Gasteiger partial charge in [0.25, 0.3) is 11.9 Å². The fraction of sp³-hybridized carbons (Fsp3) is 0.176. The van der Waals surface area contributed by atoms with Gasteiger partial charge in [0.05, 0.1) is 11.4 Å². The molecular formula is C17H14FN5OS2. The first-order chi connectivity index (χ1) is 12.4. The molecule has 0 bridgehead atoms. The van der Waals surface area contributed by atoms with E-state index in [4.69, 9.17) is 0 Å². The van der Waals surface area contributed by atoms with E-state index in [0.29, 0.717) is 15.6 Å². The molecule has 9 heteroatoms. The van der Waals surface area contributed by atoms with Crippen molar-refractivity contribution in [1.29, 1.82) is 0 Å². The van der Waals surface area contributed by atoms with Gasteiger partial charge in [0.15, 0.2) is 0 Å². The minimum Gasteiger partial charge on any atom is -0.288 e. The zero-order valence-corrected chi connectivity index (χ0v) is 15.8. The zero-order valence-electron chi connectivity index (χ0n) is 14.2. The average Bonchev–Trinajstić information content (AvgIpc) is 3.24. The summed E-state index contributed by atoms with van der Waals surface area (Å²) in [7, 11) is 0. The van der Waals surface area contributed by atoms with Gasteiger partial charge in [0, 0.05) is 10.4 Å². The minimum absolute atomic E-state index is 0.264. The number of aromatic nitrogens is 4. The van der Waals surface area contributed by atoms with Crippen LogP contribution < -0.4 is 5.32 Å². The summed E-state index contributed by atoms with van der Waals surface area (Å²) in [4.78, 5) is 23.7. The largest absolute Gasteiger partial charge is 0.288 e. The van der Waals surface area contributed by atoms with Crippen molar-refractivity contribution < 1.29 is 9.18 Å². The van der Waals surface area contributed by atoms with E-state index in [2.05, 4.69) is 20.4 Å². The van der Waals surface area contributed by atoms with Crippen molar-refractivity contribution in [1.82, 2.24) is 19.6 Å². The third-order valence-corrected chi connectivity index (χ3v) is 6.22. The number of anilines is 1. The van der Waals surface area contributed by atoms with Crippen LogP contribution in [0.15, 0.2) is 24.3 Å². The number of halogens is 1. The van der Waals surface area contributed by atoms with E-state index >= 15 is 0 Å². The Morgan fingerprint density at radius 2 is 1.85 bits per heavy atom. The van der Waals surface area contributed by atoms with Gasteiger partial charge in [-0.1, -0.05) is 11.3 Å². The summed E-state index contributed by atoms with van der Waals surface area (Å²) in [5.41, 5.74) is 2.38. The number of benzene rings is 1. The fourth-order valence-corrected chi connectivity index (χ4v) is 4.35. The molecule has 4 rings (SSSR count). The Bertz CT molecular complexity index is 1130. The van der Waals surface area contributed by atoms with Crippen LogP contribution in [-0.4, -0.2) is 25.5 Å². The molecule has 0 aliphatic carbocycles. The number of nitrogens with zero attached hydrogens (tertiary/aromatic N) is 4. The topological polar surface area (TPSA) is 72.2 Å². The molecule has 0 saturated carbocycles. The number of fused-ring (bicyclic) bond motifs is 1. The lowest BCUT2D eigenvalue weighted by Crippen LogP contribution is -2.12. The van der Waals surface area contributed by atoms with Gasteiger partial charge < -0.3 is 0 Å². The Balaban J connectivity index is 1.60. The number of carbonyl (C=O) groups excluding carboxylic acids is 1. The molecule has 0 fully saturated rings. The van der Waals surface area contributed by atoms with Crippen molar-refractivity contribution in [2.24, 2.45) is 0 Å². The van der Waals surface area contributed by atoms with Crippen molar-refractivity contribution in [2.45, 2.75) is 20.8 Å². The normalized spacial score (nSPS) is 11.2. The average molecular weight is 387 g/mol. The number of hydrogen-bond acceptors (Lipinski definition) is 6. The second-order valence-electron chi connectivity index (χ2n) is 5.77. The maximum Gasteiger partial charge on any atom is 0.270 e. The highest BCUT2D eigenvalue weighted by molar-refractivity contribution is 7.17. The van der Waals surface area contributed by atoms with Gasteiger partial charge in [-0.2, -0.15) is 4.98 Å². The Labute approximate surface area is 156 Å². The first-order valence-corrected chi connectivity index (χ1v) is 9.43. The van der Waals surface area contributed by atoms with Crippen LogP contribution in [0.5, 0.6) is 0 Å². The van der Waals surface area contributed by atoms with Crippen LogP contribution in [0.4, 0.5) is 10.3 Å². The highest BCUT2D eigenvalue weighted by atomic mass is 32.1. The summed E-state index contributed by atoms with van der Waals surface area (Å²) in [5.74, 6) is -0.349. The van der Waals surface area contributed by atoms with Crippen molar-refractivity contribution in [2.75, 3.05) is 5.32 Å². The van der Waals surface area contributed by atoms with Crippen molar-refractivity contribution >= 4 is 39.5 Å². The molecule has 3 aromatic heterocycles. The van der Waals surface area contributed by atoms with Crippen LogP contribution >= 0.6 is 22.7 Å². The molecule has 0 aliphatic heterocycles. The number of amides is 1. The molecule has 0 saturated heterocycles. The predicted molar refractivity (Wildman–Crippen MR) is 101 cm³/mol. The monoisotopic (exact) mass is 387 g/mol. The van der Waals surface area contributed by atoms with E-state index in [9.17, 15) is 9.18 Å². The van der Waals surface area contributed by atoms with Crippen LogP contribution in [0.2, 0.25) is 0 Å². The predicted octanol–water partition coefficient (Wildman–Crippen LogP) is 4.23. The van der Waals surface area contributed by atoms with Crippen LogP contribution in [-0.2, 0) is 0 Å². The van der Waals surface area contributed by atoms with E-state index in [0.717, 1.165) is 21.1 Å². The number of rotatable bonds is 3. The molecule has 26 heavy (non-hydrogen) atoms. The molecule has 4 aromatic rings.